The van der Waals surface area contributed by atoms with E-state index in [9.17, 15) is 5.11 Å². The number of oxime groups is 1. The second-order valence-electron chi connectivity index (χ2n) is 9.09. The highest BCUT2D eigenvalue weighted by atomic mass is 16.6. The maximum atomic E-state index is 12.5. The number of aromatic amines is 1. The minimum Gasteiger partial charge on any atom is -0.391 e. The number of fused-ring (bicyclic) bond motifs is 1. The third-order valence-electron chi connectivity index (χ3n) is 6.63. The third-order valence-corrected chi connectivity index (χ3v) is 6.63. The van der Waals surface area contributed by atoms with Crippen LogP contribution in [0.5, 0.6) is 0 Å². The molecule has 0 bridgehead atoms. The Labute approximate surface area is 197 Å². The molecule has 0 spiro atoms. The van der Waals surface area contributed by atoms with Crippen molar-refractivity contribution in [1.82, 2.24) is 19.9 Å². The normalized spacial score (nSPS) is 17.9. The number of aliphatic hydroxyl groups is 1. The summed E-state index contributed by atoms with van der Waals surface area (Å²) < 4.78 is 0. The van der Waals surface area contributed by atoms with Crippen LogP contribution in [0.15, 0.2) is 71.8 Å². The van der Waals surface area contributed by atoms with Crippen molar-refractivity contribution in [2.24, 2.45) is 5.16 Å². The second-order valence-corrected chi connectivity index (χ2v) is 9.09. The molecule has 1 aliphatic carbocycles. The van der Waals surface area contributed by atoms with Gasteiger partial charge in [-0.3, -0.25) is 9.97 Å². The first-order chi connectivity index (χ1) is 16.6. The largest absolute Gasteiger partial charge is 0.391 e. The zero-order chi connectivity index (χ0) is 23.3. The number of hydrogen-bond donors (Lipinski definition) is 2. The van der Waals surface area contributed by atoms with Gasteiger partial charge in [-0.05, 0) is 68.2 Å². The molecule has 1 aromatic carbocycles. The van der Waals surface area contributed by atoms with E-state index >= 15 is 0 Å². The van der Waals surface area contributed by atoms with Crippen LogP contribution in [0, 0.1) is 0 Å². The Balaban J connectivity index is 1.68. The highest BCUT2D eigenvalue weighted by molar-refractivity contribution is 6.24. The van der Waals surface area contributed by atoms with Gasteiger partial charge in [-0.25, -0.2) is 4.98 Å². The molecule has 2 N–H and O–H groups in total. The number of aromatic nitrogens is 4. The molecule has 1 atom stereocenters. The predicted octanol–water partition coefficient (Wildman–Crippen LogP) is 4.69. The summed E-state index contributed by atoms with van der Waals surface area (Å²) in [5.74, 6) is 1.41. The molecule has 0 saturated heterocycles. The van der Waals surface area contributed by atoms with Gasteiger partial charge < -0.3 is 14.9 Å². The van der Waals surface area contributed by atoms with Crippen molar-refractivity contribution in [3.8, 4) is 0 Å². The van der Waals surface area contributed by atoms with E-state index in [-0.39, 0.29) is 0 Å². The first-order valence-electron chi connectivity index (χ1n) is 11.5. The molecule has 2 aliphatic rings. The molecule has 1 unspecified atom stereocenters. The molecule has 3 aromatic heterocycles. The van der Waals surface area contributed by atoms with Gasteiger partial charge in [-0.15, -0.1) is 0 Å². The Morgan fingerprint density at radius 1 is 1.09 bits per heavy atom. The van der Waals surface area contributed by atoms with Crippen molar-refractivity contribution in [1.29, 1.82) is 0 Å². The highest BCUT2D eigenvalue weighted by Gasteiger charge is 2.39. The van der Waals surface area contributed by atoms with Crippen LogP contribution in [-0.4, -0.2) is 37.4 Å². The molecule has 1 saturated carbocycles. The smallest absolute Gasteiger partial charge is 0.160 e. The highest BCUT2D eigenvalue weighted by Crippen LogP contribution is 2.43. The Morgan fingerprint density at radius 3 is 2.68 bits per heavy atom. The number of benzene rings is 1. The number of H-pyrrole nitrogens is 1. The fourth-order valence-corrected chi connectivity index (χ4v) is 4.81. The van der Waals surface area contributed by atoms with Gasteiger partial charge in [0.2, 0.25) is 0 Å². The number of hydrogen-bond acceptors (Lipinski definition) is 6. The van der Waals surface area contributed by atoms with Crippen LogP contribution >= 0.6 is 0 Å². The summed E-state index contributed by atoms with van der Waals surface area (Å²) in [5, 5.41) is 16.7. The van der Waals surface area contributed by atoms with Crippen LogP contribution in [0.3, 0.4) is 0 Å². The third kappa shape index (κ3) is 3.31. The number of allylic oxidation sites excluding steroid dienone is 1. The second kappa shape index (κ2) is 7.88. The topological polar surface area (TPSA) is 96.3 Å². The summed E-state index contributed by atoms with van der Waals surface area (Å²) in [6.45, 7) is 4.42. The minimum absolute atomic E-state index is 0.434. The maximum Gasteiger partial charge on any atom is 0.160 e. The van der Waals surface area contributed by atoms with Crippen molar-refractivity contribution in [2.45, 2.75) is 38.2 Å². The van der Waals surface area contributed by atoms with Crippen molar-refractivity contribution < 1.29 is 9.94 Å². The summed E-state index contributed by atoms with van der Waals surface area (Å²) >= 11 is 0. The van der Waals surface area contributed by atoms with Crippen molar-refractivity contribution >= 4 is 22.3 Å². The molecule has 0 amide bonds. The Morgan fingerprint density at radius 2 is 1.97 bits per heavy atom. The molecule has 0 radical (unpaired) electrons. The van der Waals surface area contributed by atoms with Crippen LogP contribution in [0.1, 0.15) is 60.8 Å². The van der Waals surface area contributed by atoms with Gasteiger partial charge in [0.1, 0.15) is 12.4 Å². The molecule has 170 valence electrons. The van der Waals surface area contributed by atoms with Gasteiger partial charge in [0, 0.05) is 41.2 Å². The fraction of sp³-hybridized carbons (Fsp3) is 0.259. The minimum atomic E-state index is -1.55. The Bertz CT molecular complexity index is 1400. The van der Waals surface area contributed by atoms with Crippen molar-refractivity contribution in [3.05, 3.63) is 94.8 Å². The molecule has 7 nitrogen and oxygen atoms in total. The molecule has 4 aromatic rings. The van der Waals surface area contributed by atoms with Gasteiger partial charge in [0.25, 0.3) is 0 Å². The van der Waals surface area contributed by atoms with Gasteiger partial charge in [-0.1, -0.05) is 17.3 Å². The molecule has 7 heteroatoms. The molecular weight excluding hydrogens is 426 g/mol. The molecule has 1 aliphatic heterocycles. The van der Waals surface area contributed by atoms with Crippen molar-refractivity contribution in [3.63, 3.8) is 0 Å². The Hall–Kier alpha value is -3.84. The SMILES string of the molecule is CC1=NOCC(C)=C1c1cc(C(O)(c2cccnc2)c2ccccn2)c2nc(C3CC3)[nH]c2c1. The van der Waals surface area contributed by atoms with E-state index in [0.717, 1.165) is 52.1 Å². The van der Waals surface area contributed by atoms with Gasteiger partial charge >= 0.3 is 0 Å². The summed E-state index contributed by atoms with van der Waals surface area (Å²) in [6, 6.07) is 13.4. The zero-order valence-corrected chi connectivity index (χ0v) is 19.1. The Kier molecular flexibility index (Phi) is 4.81. The molecule has 34 heavy (non-hydrogen) atoms. The fourth-order valence-electron chi connectivity index (χ4n) is 4.81. The van der Waals surface area contributed by atoms with Crippen LogP contribution in [0.2, 0.25) is 0 Å². The van der Waals surface area contributed by atoms with Crippen molar-refractivity contribution in [2.75, 3.05) is 6.61 Å². The first-order valence-corrected chi connectivity index (χ1v) is 11.5. The van der Waals surface area contributed by atoms with E-state index in [0.29, 0.717) is 29.3 Å². The molecule has 6 rings (SSSR count). The zero-order valence-electron chi connectivity index (χ0n) is 19.1. The lowest BCUT2D eigenvalue weighted by molar-refractivity contribution is 0.122. The van der Waals surface area contributed by atoms with Gasteiger partial charge in [0.15, 0.2) is 5.60 Å². The molecule has 4 heterocycles. The standard InChI is InChI=1S/C27H25N5O2/c1-16-15-34-32-17(2)24(16)19-12-21(25-22(13-19)30-26(31-25)18-8-9-18)27(33,20-6-5-10-28-14-20)23-7-3-4-11-29-23/h3-7,10-14,18,33H,8-9,15H2,1-2H3,(H,30,31). The number of imidazole rings is 1. The number of rotatable bonds is 5. The van der Waals surface area contributed by atoms with E-state index < -0.39 is 5.60 Å². The predicted molar refractivity (Wildman–Crippen MR) is 130 cm³/mol. The lowest BCUT2D eigenvalue weighted by Crippen LogP contribution is -2.31. The summed E-state index contributed by atoms with van der Waals surface area (Å²) in [6.07, 6.45) is 7.34. The number of nitrogens with zero attached hydrogens (tertiary/aromatic N) is 4. The number of nitrogens with one attached hydrogen (secondary N) is 1. The summed E-state index contributed by atoms with van der Waals surface area (Å²) in [7, 11) is 0. The first kappa shape index (κ1) is 20.7. The lowest BCUT2D eigenvalue weighted by Gasteiger charge is -2.29. The average Bonchev–Trinajstić information content (AvgIpc) is 3.63. The van der Waals surface area contributed by atoms with E-state index in [4.69, 9.17) is 9.82 Å². The number of pyridine rings is 2. The van der Waals surface area contributed by atoms with Gasteiger partial charge in [0.05, 0.1) is 22.4 Å². The van der Waals surface area contributed by atoms with E-state index in [2.05, 4.69) is 26.2 Å². The van der Waals surface area contributed by atoms with E-state index in [1.165, 1.54) is 0 Å². The van der Waals surface area contributed by atoms with Crippen LogP contribution in [0.25, 0.3) is 16.6 Å². The van der Waals surface area contributed by atoms with Crippen LogP contribution in [0.4, 0.5) is 0 Å². The average molecular weight is 452 g/mol. The maximum absolute atomic E-state index is 12.5. The van der Waals surface area contributed by atoms with Gasteiger partial charge in [-0.2, -0.15) is 0 Å². The quantitative estimate of drug-likeness (QED) is 0.459. The summed E-state index contributed by atoms with van der Waals surface area (Å²) in [4.78, 5) is 22.7. The van der Waals surface area contributed by atoms with E-state index in [1.807, 2.05) is 50.2 Å². The summed E-state index contributed by atoms with van der Waals surface area (Å²) in [5.41, 5.74) is 5.74. The monoisotopic (exact) mass is 451 g/mol. The van der Waals surface area contributed by atoms with Crippen LogP contribution < -0.4 is 0 Å². The van der Waals surface area contributed by atoms with Crippen LogP contribution in [-0.2, 0) is 10.4 Å². The molecule has 1 fully saturated rings. The lowest BCUT2D eigenvalue weighted by atomic mass is 9.81. The van der Waals surface area contributed by atoms with E-state index in [1.54, 1.807) is 18.6 Å². The molecular formula is C27H25N5O2.